The highest BCUT2D eigenvalue weighted by Gasteiger charge is 2.19. The molecule has 18 heavy (non-hydrogen) atoms. The minimum absolute atomic E-state index is 0.0755. The summed E-state index contributed by atoms with van der Waals surface area (Å²) in [4.78, 5) is 14.9. The van der Waals surface area contributed by atoms with Gasteiger partial charge < -0.3 is 0 Å². The van der Waals surface area contributed by atoms with Gasteiger partial charge in [0.1, 0.15) is 0 Å². The van der Waals surface area contributed by atoms with Crippen LogP contribution < -0.4 is 0 Å². The lowest BCUT2D eigenvalue weighted by atomic mass is 10.0. The van der Waals surface area contributed by atoms with Gasteiger partial charge in [-0.25, -0.2) is 0 Å². The number of halogens is 1. The molecule has 0 aliphatic heterocycles. The lowest BCUT2D eigenvalue weighted by Gasteiger charge is -2.13. The highest BCUT2D eigenvalue weighted by Crippen LogP contribution is 2.26. The Labute approximate surface area is 113 Å². The van der Waals surface area contributed by atoms with E-state index in [0.717, 1.165) is 12.1 Å². The van der Waals surface area contributed by atoms with E-state index in [-0.39, 0.29) is 16.0 Å². The van der Waals surface area contributed by atoms with Crippen LogP contribution in [0.1, 0.15) is 37.1 Å². The normalized spacial score (nSPS) is 12.8. The van der Waals surface area contributed by atoms with E-state index in [2.05, 4.69) is 18.8 Å². The molecule has 0 saturated carbocycles. The second-order valence-electron chi connectivity index (χ2n) is 4.92. The molecule has 1 unspecified atom stereocenters. The standard InChI is InChI=1S/C13H19ClN2O2/c1-8(2)11(14)5-6-12-10(4)13(16(17)18)9(3)7-15-12/h7-8,11H,5-6H2,1-4H3. The van der Waals surface area contributed by atoms with Gasteiger partial charge in [0.15, 0.2) is 0 Å². The molecule has 0 aliphatic rings. The number of pyridine rings is 1. The van der Waals surface area contributed by atoms with Crippen LogP contribution in [0.3, 0.4) is 0 Å². The van der Waals surface area contributed by atoms with Crippen molar-refractivity contribution in [3.05, 3.63) is 33.1 Å². The number of alkyl halides is 1. The van der Waals surface area contributed by atoms with E-state index in [4.69, 9.17) is 11.6 Å². The monoisotopic (exact) mass is 270 g/mol. The van der Waals surface area contributed by atoms with Crippen LogP contribution in [-0.2, 0) is 6.42 Å². The highest BCUT2D eigenvalue weighted by molar-refractivity contribution is 6.20. The van der Waals surface area contributed by atoms with Crippen molar-refractivity contribution in [2.75, 3.05) is 0 Å². The van der Waals surface area contributed by atoms with Crippen molar-refractivity contribution in [1.29, 1.82) is 0 Å². The van der Waals surface area contributed by atoms with Gasteiger partial charge in [-0.1, -0.05) is 13.8 Å². The first-order valence-electron chi connectivity index (χ1n) is 6.08. The van der Waals surface area contributed by atoms with Crippen LogP contribution >= 0.6 is 11.6 Å². The van der Waals surface area contributed by atoms with Gasteiger partial charge in [-0.05, 0) is 32.6 Å². The van der Waals surface area contributed by atoms with Crippen molar-refractivity contribution in [1.82, 2.24) is 4.98 Å². The molecule has 1 rings (SSSR count). The summed E-state index contributed by atoms with van der Waals surface area (Å²) in [6, 6.07) is 0. The predicted octanol–water partition coefficient (Wildman–Crippen LogP) is 3.80. The highest BCUT2D eigenvalue weighted by atomic mass is 35.5. The summed E-state index contributed by atoms with van der Waals surface area (Å²) in [5.74, 6) is 0.396. The second-order valence-corrected chi connectivity index (χ2v) is 5.48. The van der Waals surface area contributed by atoms with Gasteiger partial charge in [-0.3, -0.25) is 15.1 Å². The Hall–Kier alpha value is -1.16. The average Bonchev–Trinajstić information content (AvgIpc) is 2.27. The summed E-state index contributed by atoms with van der Waals surface area (Å²) in [7, 11) is 0. The molecule has 4 nitrogen and oxygen atoms in total. The number of nitro groups is 1. The second kappa shape index (κ2) is 6.14. The van der Waals surface area contributed by atoms with E-state index in [1.165, 1.54) is 0 Å². The molecule has 0 bridgehead atoms. The maximum Gasteiger partial charge on any atom is 0.278 e. The summed E-state index contributed by atoms with van der Waals surface area (Å²) in [6.45, 7) is 7.59. The number of aromatic nitrogens is 1. The first-order valence-corrected chi connectivity index (χ1v) is 6.51. The molecule has 1 aromatic heterocycles. The van der Waals surface area contributed by atoms with Crippen LogP contribution in [0.25, 0.3) is 0 Å². The molecule has 100 valence electrons. The molecule has 0 N–H and O–H groups in total. The fraction of sp³-hybridized carbons (Fsp3) is 0.615. The van der Waals surface area contributed by atoms with Crippen LogP contribution in [-0.4, -0.2) is 15.3 Å². The van der Waals surface area contributed by atoms with Crippen molar-refractivity contribution < 1.29 is 4.92 Å². The van der Waals surface area contributed by atoms with E-state index in [1.54, 1.807) is 20.0 Å². The quantitative estimate of drug-likeness (QED) is 0.464. The Bertz CT molecular complexity index is 447. The first-order chi connectivity index (χ1) is 8.34. The molecule has 0 aromatic carbocycles. The van der Waals surface area contributed by atoms with Crippen molar-refractivity contribution in [2.24, 2.45) is 5.92 Å². The van der Waals surface area contributed by atoms with Crippen LogP contribution in [0.15, 0.2) is 6.20 Å². The zero-order valence-electron chi connectivity index (χ0n) is 11.2. The average molecular weight is 271 g/mol. The van der Waals surface area contributed by atoms with Crippen LogP contribution in [0.5, 0.6) is 0 Å². The minimum Gasteiger partial charge on any atom is -0.260 e. The molecule has 0 aliphatic carbocycles. The number of rotatable bonds is 5. The van der Waals surface area contributed by atoms with E-state index >= 15 is 0 Å². The molecule has 0 radical (unpaired) electrons. The van der Waals surface area contributed by atoms with Gasteiger partial charge in [0, 0.05) is 22.7 Å². The Morgan fingerprint density at radius 3 is 2.56 bits per heavy atom. The van der Waals surface area contributed by atoms with Crippen LogP contribution in [0, 0.1) is 29.9 Å². The first kappa shape index (κ1) is 14.9. The molecule has 1 heterocycles. The van der Waals surface area contributed by atoms with Crippen molar-refractivity contribution >= 4 is 17.3 Å². The van der Waals surface area contributed by atoms with Crippen molar-refractivity contribution in [2.45, 2.75) is 45.9 Å². The number of nitrogens with zero attached hydrogens (tertiary/aromatic N) is 2. The molecule has 0 fully saturated rings. The lowest BCUT2D eigenvalue weighted by Crippen LogP contribution is -2.10. The van der Waals surface area contributed by atoms with Gasteiger partial charge in [0.25, 0.3) is 5.69 Å². The summed E-state index contributed by atoms with van der Waals surface area (Å²) >= 11 is 6.19. The number of aryl methyl sites for hydroxylation is 2. The summed E-state index contributed by atoms with van der Waals surface area (Å²) in [5, 5.41) is 11.1. The summed E-state index contributed by atoms with van der Waals surface area (Å²) in [5.41, 5.74) is 2.22. The smallest absolute Gasteiger partial charge is 0.260 e. The van der Waals surface area contributed by atoms with Gasteiger partial charge >= 0.3 is 0 Å². The number of hydrogen-bond acceptors (Lipinski definition) is 3. The van der Waals surface area contributed by atoms with E-state index < -0.39 is 0 Å². The zero-order valence-corrected chi connectivity index (χ0v) is 12.0. The van der Waals surface area contributed by atoms with Crippen LogP contribution in [0.2, 0.25) is 0 Å². The Balaban J connectivity index is 2.91. The molecule has 0 spiro atoms. The van der Waals surface area contributed by atoms with Gasteiger partial charge in [0.05, 0.1) is 10.6 Å². The van der Waals surface area contributed by atoms with Crippen molar-refractivity contribution in [3.63, 3.8) is 0 Å². The van der Waals surface area contributed by atoms with E-state index in [9.17, 15) is 10.1 Å². The largest absolute Gasteiger partial charge is 0.278 e. The number of hydrogen-bond donors (Lipinski definition) is 0. The van der Waals surface area contributed by atoms with Gasteiger partial charge in [-0.15, -0.1) is 11.6 Å². The molecule has 0 saturated heterocycles. The Kier molecular flexibility index (Phi) is 5.08. The maximum atomic E-state index is 11.0. The van der Waals surface area contributed by atoms with Gasteiger partial charge in [0.2, 0.25) is 0 Å². The van der Waals surface area contributed by atoms with E-state index in [0.29, 0.717) is 23.5 Å². The van der Waals surface area contributed by atoms with Crippen molar-refractivity contribution in [3.8, 4) is 0 Å². The molecule has 5 heteroatoms. The summed E-state index contributed by atoms with van der Waals surface area (Å²) in [6.07, 6.45) is 3.03. The molecule has 1 aromatic rings. The molecule has 1 atom stereocenters. The maximum absolute atomic E-state index is 11.0. The third-order valence-electron chi connectivity index (χ3n) is 3.14. The molecular weight excluding hydrogens is 252 g/mol. The fourth-order valence-corrected chi connectivity index (χ4v) is 2.02. The Morgan fingerprint density at radius 1 is 1.44 bits per heavy atom. The fourth-order valence-electron chi connectivity index (χ4n) is 1.91. The third kappa shape index (κ3) is 3.42. The molecule has 0 amide bonds. The minimum atomic E-state index is -0.337. The topological polar surface area (TPSA) is 56.0 Å². The predicted molar refractivity (Wildman–Crippen MR) is 73.2 cm³/mol. The SMILES string of the molecule is Cc1cnc(CCC(Cl)C(C)C)c(C)c1[N+](=O)[O-]. The van der Waals surface area contributed by atoms with Crippen LogP contribution in [0.4, 0.5) is 5.69 Å². The third-order valence-corrected chi connectivity index (χ3v) is 3.86. The lowest BCUT2D eigenvalue weighted by molar-refractivity contribution is -0.386. The molecular formula is C13H19ClN2O2. The van der Waals surface area contributed by atoms with Gasteiger partial charge in [-0.2, -0.15) is 0 Å². The zero-order chi connectivity index (χ0) is 13.9. The summed E-state index contributed by atoms with van der Waals surface area (Å²) < 4.78 is 0. The van der Waals surface area contributed by atoms with E-state index in [1.807, 2.05) is 0 Å². The Morgan fingerprint density at radius 2 is 2.06 bits per heavy atom.